The lowest BCUT2D eigenvalue weighted by Crippen LogP contribution is -2.41. The highest BCUT2D eigenvalue weighted by molar-refractivity contribution is 5.81. The Labute approximate surface area is 91.2 Å². The Balaban J connectivity index is 2.57. The molecule has 4 heteroatoms. The summed E-state index contributed by atoms with van der Waals surface area (Å²) in [5.74, 6) is 0.268. The zero-order chi connectivity index (χ0) is 11.4. The van der Waals surface area contributed by atoms with Crippen LogP contribution in [0, 0.1) is 0 Å². The van der Waals surface area contributed by atoms with Gasteiger partial charge in [0.15, 0.2) is 0 Å². The Morgan fingerprint density at radius 1 is 1.40 bits per heavy atom. The van der Waals surface area contributed by atoms with Crippen LogP contribution in [-0.2, 0) is 9.59 Å². The summed E-state index contributed by atoms with van der Waals surface area (Å²) >= 11 is 0. The SMILES string of the molecule is CC(=O)CN1CCCN(C(C)C)C(=O)C1. The molecule has 0 radical (unpaired) electrons. The van der Waals surface area contributed by atoms with Gasteiger partial charge in [0.25, 0.3) is 0 Å². The van der Waals surface area contributed by atoms with E-state index in [1.54, 1.807) is 6.92 Å². The molecule has 1 rings (SSSR count). The normalized spacial score (nSPS) is 19.5. The van der Waals surface area contributed by atoms with Crippen LogP contribution in [0.15, 0.2) is 0 Å². The molecule has 0 spiro atoms. The second kappa shape index (κ2) is 5.26. The molecule has 1 saturated heterocycles. The lowest BCUT2D eigenvalue weighted by atomic mass is 10.3. The van der Waals surface area contributed by atoms with E-state index in [2.05, 4.69) is 0 Å². The Morgan fingerprint density at radius 2 is 2.07 bits per heavy atom. The van der Waals surface area contributed by atoms with Crippen LogP contribution in [0.25, 0.3) is 0 Å². The smallest absolute Gasteiger partial charge is 0.236 e. The molecule has 1 aliphatic rings. The number of amides is 1. The first kappa shape index (κ1) is 12.2. The number of carbonyl (C=O) groups is 2. The number of ketones is 1. The van der Waals surface area contributed by atoms with E-state index in [9.17, 15) is 9.59 Å². The lowest BCUT2D eigenvalue weighted by Gasteiger charge is -2.25. The largest absolute Gasteiger partial charge is 0.339 e. The Morgan fingerprint density at radius 3 is 2.60 bits per heavy atom. The summed E-state index contributed by atoms with van der Waals surface area (Å²) < 4.78 is 0. The molecule has 0 aromatic heterocycles. The highest BCUT2D eigenvalue weighted by atomic mass is 16.2. The molecule has 86 valence electrons. The summed E-state index contributed by atoms with van der Waals surface area (Å²) in [6.07, 6.45) is 0.956. The second-order valence-corrected chi connectivity index (χ2v) is 4.45. The topological polar surface area (TPSA) is 40.6 Å². The van der Waals surface area contributed by atoms with Gasteiger partial charge in [0.1, 0.15) is 5.78 Å². The van der Waals surface area contributed by atoms with Gasteiger partial charge in [-0.3, -0.25) is 14.5 Å². The molecule has 0 unspecified atom stereocenters. The highest BCUT2D eigenvalue weighted by Gasteiger charge is 2.23. The maximum absolute atomic E-state index is 11.8. The van der Waals surface area contributed by atoms with E-state index >= 15 is 0 Å². The van der Waals surface area contributed by atoms with Crippen molar-refractivity contribution >= 4 is 11.7 Å². The fourth-order valence-corrected chi connectivity index (χ4v) is 1.95. The van der Waals surface area contributed by atoms with Crippen LogP contribution < -0.4 is 0 Å². The molecule has 1 amide bonds. The zero-order valence-corrected chi connectivity index (χ0v) is 9.82. The summed E-state index contributed by atoms with van der Waals surface area (Å²) in [5, 5.41) is 0. The van der Waals surface area contributed by atoms with E-state index in [1.165, 1.54) is 0 Å². The van der Waals surface area contributed by atoms with Gasteiger partial charge in [0.05, 0.1) is 13.1 Å². The van der Waals surface area contributed by atoms with Crippen molar-refractivity contribution < 1.29 is 9.59 Å². The quantitative estimate of drug-likeness (QED) is 0.684. The number of nitrogens with zero attached hydrogens (tertiary/aromatic N) is 2. The summed E-state index contributed by atoms with van der Waals surface area (Å²) in [7, 11) is 0. The molecule has 4 nitrogen and oxygen atoms in total. The van der Waals surface area contributed by atoms with Crippen molar-refractivity contribution in [3.63, 3.8) is 0 Å². The minimum absolute atomic E-state index is 0.126. The molecule has 1 heterocycles. The van der Waals surface area contributed by atoms with E-state index in [0.717, 1.165) is 19.5 Å². The van der Waals surface area contributed by atoms with Crippen molar-refractivity contribution in [3.05, 3.63) is 0 Å². The van der Waals surface area contributed by atoms with Gasteiger partial charge < -0.3 is 4.90 Å². The van der Waals surface area contributed by atoms with Crippen LogP contribution in [0.2, 0.25) is 0 Å². The molecule has 0 N–H and O–H groups in total. The third-order valence-corrected chi connectivity index (χ3v) is 2.62. The van der Waals surface area contributed by atoms with E-state index in [1.807, 2.05) is 23.6 Å². The van der Waals surface area contributed by atoms with Crippen molar-refractivity contribution in [2.24, 2.45) is 0 Å². The first-order valence-corrected chi connectivity index (χ1v) is 5.52. The van der Waals surface area contributed by atoms with Gasteiger partial charge in [-0.2, -0.15) is 0 Å². The molecular weight excluding hydrogens is 192 g/mol. The minimum atomic E-state index is 0.126. The molecule has 0 saturated carbocycles. The minimum Gasteiger partial charge on any atom is -0.339 e. The summed E-state index contributed by atoms with van der Waals surface area (Å²) in [4.78, 5) is 26.6. The number of hydrogen-bond acceptors (Lipinski definition) is 3. The van der Waals surface area contributed by atoms with Gasteiger partial charge in [0, 0.05) is 19.1 Å². The summed E-state index contributed by atoms with van der Waals surface area (Å²) in [5.41, 5.74) is 0. The first-order chi connectivity index (χ1) is 7.00. The number of rotatable bonds is 3. The fourth-order valence-electron chi connectivity index (χ4n) is 1.95. The number of Topliss-reactive ketones (excluding diaryl/α,β-unsaturated/α-hetero) is 1. The van der Waals surface area contributed by atoms with Crippen LogP contribution >= 0.6 is 0 Å². The number of carbonyl (C=O) groups excluding carboxylic acids is 2. The van der Waals surface area contributed by atoms with E-state index in [4.69, 9.17) is 0 Å². The van der Waals surface area contributed by atoms with Crippen LogP contribution in [-0.4, -0.2) is 53.7 Å². The predicted octanol–water partition coefficient (Wildman–Crippen LogP) is 0.518. The van der Waals surface area contributed by atoms with Crippen LogP contribution in [0.5, 0.6) is 0 Å². The maximum Gasteiger partial charge on any atom is 0.236 e. The highest BCUT2D eigenvalue weighted by Crippen LogP contribution is 2.07. The molecule has 0 atom stereocenters. The molecule has 1 fully saturated rings. The van der Waals surface area contributed by atoms with Crippen molar-refractivity contribution in [1.82, 2.24) is 9.80 Å². The molecule has 15 heavy (non-hydrogen) atoms. The van der Waals surface area contributed by atoms with Gasteiger partial charge in [0.2, 0.25) is 5.91 Å². The molecule has 0 bridgehead atoms. The molecule has 1 aliphatic heterocycles. The van der Waals surface area contributed by atoms with Gasteiger partial charge in [-0.15, -0.1) is 0 Å². The lowest BCUT2D eigenvalue weighted by molar-refractivity contribution is -0.133. The Hall–Kier alpha value is -0.900. The van der Waals surface area contributed by atoms with Crippen LogP contribution in [0.1, 0.15) is 27.2 Å². The molecule has 0 aromatic rings. The standard InChI is InChI=1S/C11H20N2O2/c1-9(2)13-6-4-5-12(7-10(3)14)8-11(13)15/h9H,4-8H2,1-3H3. The van der Waals surface area contributed by atoms with Crippen LogP contribution in [0.4, 0.5) is 0 Å². The van der Waals surface area contributed by atoms with Gasteiger partial charge >= 0.3 is 0 Å². The fraction of sp³-hybridized carbons (Fsp3) is 0.818. The molecular formula is C11H20N2O2. The zero-order valence-electron chi connectivity index (χ0n) is 9.82. The average Bonchev–Trinajstić information content (AvgIpc) is 2.25. The molecule has 0 aromatic carbocycles. The van der Waals surface area contributed by atoms with Crippen LogP contribution in [0.3, 0.4) is 0 Å². The molecule has 0 aliphatic carbocycles. The van der Waals surface area contributed by atoms with E-state index in [-0.39, 0.29) is 17.7 Å². The van der Waals surface area contributed by atoms with Crippen molar-refractivity contribution in [3.8, 4) is 0 Å². The van der Waals surface area contributed by atoms with Crippen molar-refractivity contribution in [1.29, 1.82) is 0 Å². The summed E-state index contributed by atoms with van der Waals surface area (Å²) in [6.45, 7) is 8.06. The van der Waals surface area contributed by atoms with Gasteiger partial charge in [-0.05, 0) is 27.2 Å². The second-order valence-electron chi connectivity index (χ2n) is 4.45. The van der Waals surface area contributed by atoms with E-state index in [0.29, 0.717) is 13.1 Å². The third kappa shape index (κ3) is 3.63. The van der Waals surface area contributed by atoms with Gasteiger partial charge in [-0.25, -0.2) is 0 Å². The van der Waals surface area contributed by atoms with Crippen molar-refractivity contribution in [2.75, 3.05) is 26.2 Å². The summed E-state index contributed by atoms with van der Waals surface area (Å²) in [6, 6.07) is 0.259. The Bertz CT molecular complexity index is 251. The first-order valence-electron chi connectivity index (χ1n) is 5.52. The van der Waals surface area contributed by atoms with Crippen molar-refractivity contribution in [2.45, 2.75) is 33.2 Å². The maximum atomic E-state index is 11.8. The Kier molecular flexibility index (Phi) is 4.27. The third-order valence-electron chi connectivity index (χ3n) is 2.62. The van der Waals surface area contributed by atoms with E-state index < -0.39 is 0 Å². The predicted molar refractivity (Wildman–Crippen MR) is 58.6 cm³/mol. The average molecular weight is 212 g/mol. The van der Waals surface area contributed by atoms with Gasteiger partial charge in [-0.1, -0.05) is 0 Å². The number of hydrogen-bond donors (Lipinski definition) is 0. The monoisotopic (exact) mass is 212 g/mol.